The van der Waals surface area contributed by atoms with Gasteiger partial charge in [-0.25, -0.2) is 4.79 Å². The zero-order valence-electron chi connectivity index (χ0n) is 9.97. The second-order valence-electron chi connectivity index (χ2n) is 4.72. The van der Waals surface area contributed by atoms with Crippen molar-refractivity contribution in [1.82, 2.24) is 0 Å². The standard InChI is InChI=1S/C14H19NO2/c15-17-14(16)13(11-7-3-1-4-8-11)12-9-5-2-6-10-12/h1,3-4,7-8,12-13H,2,5-6,9-10,15H2. The molecule has 1 aromatic rings. The summed E-state index contributed by atoms with van der Waals surface area (Å²) in [6.07, 6.45) is 5.86. The van der Waals surface area contributed by atoms with Crippen molar-refractivity contribution in [2.75, 3.05) is 0 Å². The molecule has 17 heavy (non-hydrogen) atoms. The number of hydrogen-bond acceptors (Lipinski definition) is 3. The third kappa shape index (κ3) is 2.86. The number of carbonyl (C=O) groups is 1. The van der Waals surface area contributed by atoms with Crippen LogP contribution < -0.4 is 5.90 Å². The monoisotopic (exact) mass is 233 g/mol. The summed E-state index contributed by atoms with van der Waals surface area (Å²) in [5, 5.41) is 0. The molecule has 0 saturated heterocycles. The SMILES string of the molecule is NOC(=O)C(c1ccccc1)C1CCCCC1. The fourth-order valence-electron chi connectivity index (χ4n) is 2.80. The molecule has 0 bridgehead atoms. The van der Waals surface area contributed by atoms with E-state index in [-0.39, 0.29) is 11.9 Å². The highest BCUT2D eigenvalue weighted by molar-refractivity contribution is 5.78. The molecule has 1 fully saturated rings. The number of rotatable bonds is 3. The van der Waals surface area contributed by atoms with E-state index < -0.39 is 0 Å². The second kappa shape index (κ2) is 5.82. The van der Waals surface area contributed by atoms with Gasteiger partial charge in [0.1, 0.15) is 0 Å². The van der Waals surface area contributed by atoms with Crippen molar-refractivity contribution in [1.29, 1.82) is 0 Å². The Morgan fingerprint density at radius 1 is 1.18 bits per heavy atom. The highest BCUT2D eigenvalue weighted by Gasteiger charge is 2.31. The Morgan fingerprint density at radius 2 is 1.82 bits per heavy atom. The van der Waals surface area contributed by atoms with E-state index in [2.05, 4.69) is 4.84 Å². The first-order valence-electron chi connectivity index (χ1n) is 6.28. The average Bonchev–Trinajstić information content (AvgIpc) is 2.41. The van der Waals surface area contributed by atoms with Gasteiger partial charge in [-0.2, -0.15) is 5.90 Å². The van der Waals surface area contributed by atoms with Crippen molar-refractivity contribution in [2.45, 2.75) is 38.0 Å². The van der Waals surface area contributed by atoms with E-state index in [4.69, 9.17) is 5.90 Å². The fourth-order valence-corrected chi connectivity index (χ4v) is 2.80. The largest absolute Gasteiger partial charge is 0.373 e. The normalized spacial score (nSPS) is 18.6. The maximum Gasteiger partial charge on any atom is 0.332 e. The molecule has 1 aromatic carbocycles. The zero-order chi connectivity index (χ0) is 12.1. The van der Waals surface area contributed by atoms with Gasteiger partial charge >= 0.3 is 5.97 Å². The summed E-state index contributed by atoms with van der Waals surface area (Å²) in [4.78, 5) is 16.3. The van der Waals surface area contributed by atoms with Crippen LogP contribution in [0.15, 0.2) is 30.3 Å². The number of hydrogen-bond donors (Lipinski definition) is 1. The lowest BCUT2D eigenvalue weighted by Gasteiger charge is -2.28. The lowest BCUT2D eigenvalue weighted by molar-refractivity contribution is -0.147. The lowest BCUT2D eigenvalue weighted by Crippen LogP contribution is -2.27. The van der Waals surface area contributed by atoms with E-state index in [0.717, 1.165) is 18.4 Å². The Balaban J connectivity index is 2.21. The first kappa shape index (κ1) is 12.1. The molecule has 92 valence electrons. The molecule has 0 aliphatic heterocycles. The van der Waals surface area contributed by atoms with Gasteiger partial charge in [-0.3, -0.25) is 0 Å². The van der Waals surface area contributed by atoms with Crippen LogP contribution in [-0.2, 0) is 9.63 Å². The van der Waals surface area contributed by atoms with E-state index >= 15 is 0 Å². The molecule has 3 heteroatoms. The predicted octanol–water partition coefficient (Wildman–Crippen LogP) is 2.77. The maximum atomic E-state index is 11.9. The predicted molar refractivity (Wildman–Crippen MR) is 66.0 cm³/mol. The van der Waals surface area contributed by atoms with Gasteiger partial charge in [0.05, 0.1) is 5.92 Å². The van der Waals surface area contributed by atoms with Crippen molar-refractivity contribution in [3.05, 3.63) is 35.9 Å². The third-order valence-electron chi connectivity index (χ3n) is 3.65. The van der Waals surface area contributed by atoms with Crippen LogP contribution in [0.4, 0.5) is 0 Å². The Labute approximate surface area is 102 Å². The first-order valence-corrected chi connectivity index (χ1v) is 6.28. The molecule has 0 spiro atoms. The molecule has 2 rings (SSSR count). The van der Waals surface area contributed by atoms with Crippen molar-refractivity contribution in [3.63, 3.8) is 0 Å². The Bertz CT molecular complexity index is 358. The Morgan fingerprint density at radius 3 is 2.41 bits per heavy atom. The van der Waals surface area contributed by atoms with Crippen LogP contribution in [0.2, 0.25) is 0 Å². The molecule has 0 aromatic heterocycles. The second-order valence-corrected chi connectivity index (χ2v) is 4.72. The van der Waals surface area contributed by atoms with Crippen LogP contribution in [0, 0.1) is 5.92 Å². The van der Waals surface area contributed by atoms with Gasteiger partial charge in [-0.05, 0) is 24.3 Å². The van der Waals surface area contributed by atoms with Gasteiger partial charge in [0.15, 0.2) is 0 Å². The molecular weight excluding hydrogens is 214 g/mol. The highest BCUT2D eigenvalue weighted by atomic mass is 16.7. The number of nitrogens with two attached hydrogens (primary N) is 1. The van der Waals surface area contributed by atoms with Crippen molar-refractivity contribution < 1.29 is 9.63 Å². The molecule has 2 N–H and O–H groups in total. The lowest BCUT2D eigenvalue weighted by atomic mass is 9.77. The van der Waals surface area contributed by atoms with Gasteiger partial charge in [-0.1, -0.05) is 49.6 Å². The molecule has 0 amide bonds. The fraction of sp³-hybridized carbons (Fsp3) is 0.500. The number of benzene rings is 1. The summed E-state index contributed by atoms with van der Waals surface area (Å²) < 4.78 is 0. The third-order valence-corrected chi connectivity index (χ3v) is 3.65. The molecule has 0 heterocycles. The smallest absolute Gasteiger partial charge is 0.332 e. The van der Waals surface area contributed by atoms with Gasteiger partial charge in [0, 0.05) is 0 Å². The van der Waals surface area contributed by atoms with Crippen LogP contribution in [0.1, 0.15) is 43.6 Å². The summed E-state index contributed by atoms with van der Waals surface area (Å²) in [6, 6.07) is 9.82. The molecular formula is C14H19NO2. The summed E-state index contributed by atoms with van der Waals surface area (Å²) in [6.45, 7) is 0. The number of carbonyl (C=O) groups excluding carboxylic acids is 1. The zero-order valence-corrected chi connectivity index (χ0v) is 9.97. The van der Waals surface area contributed by atoms with Gasteiger partial charge in [0.2, 0.25) is 0 Å². The average molecular weight is 233 g/mol. The minimum absolute atomic E-state index is 0.193. The summed E-state index contributed by atoms with van der Waals surface area (Å²) in [7, 11) is 0. The summed E-state index contributed by atoms with van der Waals surface area (Å²) >= 11 is 0. The van der Waals surface area contributed by atoms with Gasteiger partial charge in [-0.15, -0.1) is 0 Å². The van der Waals surface area contributed by atoms with Crippen molar-refractivity contribution in [3.8, 4) is 0 Å². The maximum absolute atomic E-state index is 11.9. The van der Waals surface area contributed by atoms with E-state index in [1.165, 1.54) is 19.3 Å². The van der Waals surface area contributed by atoms with Crippen LogP contribution in [0.5, 0.6) is 0 Å². The first-order chi connectivity index (χ1) is 8.33. The quantitative estimate of drug-likeness (QED) is 0.817. The van der Waals surface area contributed by atoms with Gasteiger partial charge in [0.25, 0.3) is 0 Å². The van der Waals surface area contributed by atoms with Crippen LogP contribution in [-0.4, -0.2) is 5.97 Å². The van der Waals surface area contributed by atoms with Crippen LogP contribution in [0.25, 0.3) is 0 Å². The van der Waals surface area contributed by atoms with Gasteiger partial charge < -0.3 is 4.84 Å². The summed E-state index contributed by atoms with van der Waals surface area (Å²) in [5.41, 5.74) is 1.02. The molecule has 1 aliphatic carbocycles. The molecule has 1 unspecified atom stereocenters. The molecule has 3 nitrogen and oxygen atoms in total. The minimum Gasteiger partial charge on any atom is -0.373 e. The highest BCUT2D eigenvalue weighted by Crippen LogP contribution is 2.36. The Kier molecular flexibility index (Phi) is 4.15. The topological polar surface area (TPSA) is 52.3 Å². The van der Waals surface area contributed by atoms with E-state index in [9.17, 15) is 4.79 Å². The molecule has 0 radical (unpaired) electrons. The minimum atomic E-state index is -0.303. The van der Waals surface area contributed by atoms with E-state index in [1.807, 2.05) is 30.3 Å². The van der Waals surface area contributed by atoms with E-state index in [1.54, 1.807) is 0 Å². The van der Waals surface area contributed by atoms with Crippen LogP contribution >= 0.6 is 0 Å². The molecule has 1 aliphatic rings. The van der Waals surface area contributed by atoms with Crippen molar-refractivity contribution >= 4 is 5.97 Å². The Hall–Kier alpha value is -1.35. The van der Waals surface area contributed by atoms with Crippen LogP contribution in [0.3, 0.4) is 0 Å². The summed E-state index contributed by atoms with van der Waals surface area (Å²) in [5.74, 6) is 4.95. The van der Waals surface area contributed by atoms with E-state index in [0.29, 0.717) is 5.92 Å². The molecule has 1 saturated carbocycles. The molecule has 1 atom stereocenters. The van der Waals surface area contributed by atoms with Crippen molar-refractivity contribution in [2.24, 2.45) is 11.8 Å².